The van der Waals surface area contributed by atoms with Crippen molar-refractivity contribution in [3.05, 3.63) is 17.0 Å². The first kappa shape index (κ1) is 13.3. The number of hydrogen-bond acceptors (Lipinski definition) is 3. The van der Waals surface area contributed by atoms with Crippen molar-refractivity contribution in [1.82, 2.24) is 4.31 Å². The van der Waals surface area contributed by atoms with Gasteiger partial charge in [0.25, 0.3) is 10.0 Å². The highest BCUT2D eigenvalue weighted by molar-refractivity contribution is 7.91. The van der Waals surface area contributed by atoms with E-state index in [0.717, 1.165) is 24.1 Å². The number of hydrogen-bond donors (Lipinski definition) is 0. The molecule has 0 unspecified atom stereocenters. The number of aryl methyl sites for hydroxylation is 1. The minimum Gasteiger partial charge on any atom is -0.206 e. The molecule has 6 heteroatoms. The summed E-state index contributed by atoms with van der Waals surface area (Å²) in [5.74, 6) is 0.347. The Kier molecular flexibility index (Phi) is 4.13. The molecule has 1 aliphatic carbocycles. The van der Waals surface area contributed by atoms with E-state index in [2.05, 4.69) is 0 Å². The molecule has 2 rings (SSSR count). The van der Waals surface area contributed by atoms with Crippen molar-refractivity contribution < 1.29 is 8.42 Å². The van der Waals surface area contributed by atoms with E-state index in [1.807, 2.05) is 13.0 Å². The highest BCUT2D eigenvalue weighted by Crippen LogP contribution is 2.32. The summed E-state index contributed by atoms with van der Waals surface area (Å²) in [5, 5.41) is 0. The maximum absolute atomic E-state index is 12.4. The van der Waals surface area contributed by atoms with Crippen molar-refractivity contribution in [2.24, 2.45) is 0 Å². The quantitative estimate of drug-likeness (QED) is 0.783. The van der Waals surface area contributed by atoms with Gasteiger partial charge in [0.05, 0.1) is 0 Å². The molecule has 1 saturated carbocycles. The van der Waals surface area contributed by atoms with E-state index in [1.54, 1.807) is 10.4 Å². The lowest BCUT2D eigenvalue weighted by Gasteiger charge is -2.35. The first-order chi connectivity index (χ1) is 8.05. The molecule has 0 spiro atoms. The summed E-state index contributed by atoms with van der Waals surface area (Å²) in [4.78, 5) is 1.02. The molecule has 0 saturated heterocycles. The topological polar surface area (TPSA) is 37.4 Å². The Morgan fingerprint density at radius 1 is 1.47 bits per heavy atom. The molecule has 0 amide bonds. The van der Waals surface area contributed by atoms with Gasteiger partial charge >= 0.3 is 0 Å². The van der Waals surface area contributed by atoms with Gasteiger partial charge in [0.15, 0.2) is 0 Å². The molecule has 1 fully saturated rings. The fourth-order valence-electron chi connectivity index (χ4n) is 1.92. The molecule has 0 bridgehead atoms. The van der Waals surface area contributed by atoms with Crippen LogP contribution in [0.1, 0.15) is 24.1 Å². The molecule has 0 aromatic carbocycles. The Balaban J connectivity index is 2.27. The van der Waals surface area contributed by atoms with Crippen LogP contribution in [0.15, 0.2) is 16.3 Å². The van der Waals surface area contributed by atoms with E-state index >= 15 is 0 Å². The smallest absolute Gasteiger partial charge is 0.206 e. The fourth-order valence-corrected chi connectivity index (χ4v) is 5.30. The highest BCUT2D eigenvalue weighted by atomic mass is 35.5. The van der Waals surface area contributed by atoms with Gasteiger partial charge in [-0.1, -0.05) is 6.42 Å². The van der Waals surface area contributed by atoms with Crippen LogP contribution in [0.2, 0.25) is 0 Å². The minimum atomic E-state index is -3.34. The van der Waals surface area contributed by atoms with Crippen molar-refractivity contribution >= 4 is 33.0 Å². The van der Waals surface area contributed by atoms with Crippen LogP contribution in [0.5, 0.6) is 0 Å². The Morgan fingerprint density at radius 3 is 2.59 bits per heavy atom. The molecular formula is C11H16ClNO2S2. The normalized spacial score (nSPS) is 17.4. The van der Waals surface area contributed by atoms with Gasteiger partial charge in [-0.2, -0.15) is 4.31 Å². The van der Waals surface area contributed by atoms with Gasteiger partial charge in [-0.15, -0.1) is 22.9 Å². The maximum atomic E-state index is 12.4. The Labute approximate surface area is 111 Å². The summed E-state index contributed by atoms with van der Waals surface area (Å²) in [6.45, 7) is 2.32. The van der Waals surface area contributed by atoms with Gasteiger partial charge in [0.1, 0.15) is 4.21 Å². The number of alkyl halides is 1. The number of nitrogens with zero attached hydrogens (tertiary/aromatic N) is 1. The third-order valence-electron chi connectivity index (χ3n) is 3.07. The third kappa shape index (κ3) is 2.67. The SMILES string of the molecule is Cc1ccc(S(=O)(=O)N(CCCl)C2CCC2)s1. The van der Waals surface area contributed by atoms with Crippen LogP contribution in [0, 0.1) is 6.92 Å². The number of thiophene rings is 1. The van der Waals surface area contributed by atoms with Crippen molar-refractivity contribution in [1.29, 1.82) is 0 Å². The molecular weight excluding hydrogens is 278 g/mol. The molecule has 1 aromatic heterocycles. The molecule has 0 atom stereocenters. The van der Waals surface area contributed by atoms with Gasteiger partial charge in [0.2, 0.25) is 0 Å². The van der Waals surface area contributed by atoms with Crippen LogP contribution >= 0.6 is 22.9 Å². The van der Waals surface area contributed by atoms with Crippen molar-refractivity contribution in [2.45, 2.75) is 36.4 Å². The zero-order valence-electron chi connectivity index (χ0n) is 9.73. The van der Waals surface area contributed by atoms with Gasteiger partial charge in [-0.05, 0) is 31.9 Å². The summed E-state index contributed by atoms with van der Waals surface area (Å²) in [6.07, 6.45) is 3.03. The van der Waals surface area contributed by atoms with Crippen LogP contribution in [0.25, 0.3) is 0 Å². The Bertz CT molecular complexity index is 479. The lowest BCUT2D eigenvalue weighted by molar-refractivity contribution is 0.228. The summed E-state index contributed by atoms with van der Waals surface area (Å²) in [6, 6.07) is 3.69. The average molecular weight is 294 g/mol. The summed E-state index contributed by atoms with van der Waals surface area (Å²) in [5.41, 5.74) is 0. The lowest BCUT2D eigenvalue weighted by Crippen LogP contribution is -2.44. The van der Waals surface area contributed by atoms with E-state index < -0.39 is 10.0 Å². The third-order valence-corrected chi connectivity index (χ3v) is 6.65. The van der Waals surface area contributed by atoms with E-state index in [4.69, 9.17) is 11.6 Å². The van der Waals surface area contributed by atoms with Crippen LogP contribution in [-0.4, -0.2) is 31.2 Å². The number of halogens is 1. The first-order valence-electron chi connectivity index (χ1n) is 5.70. The van der Waals surface area contributed by atoms with Crippen molar-refractivity contribution in [3.8, 4) is 0 Å². The summed E-state index contributed by atoms with van der Waals surface area (Å²) >= 11 is 7.05. The molecule has 0 aliphatic heterocycles. The Morgan fingerprint density at radius 2 is 2.18 bits per heavy atom. The summed E-state index contributed by atoms with van der Waals surface area (Å²) in [7, 11) is -3.34. The first-order valence-corrected chi connectivity index (χ1v) is 8.49. The van der Waals surface area contributed by atoms with Gasteiger partial charge in [-0.25, -0.2) is 8.42 Å². The van der Waals surface area contributed by atoms with Crippen LogP contribution in [0.3, 0.4) is 0 Å². The van der Waals surface area contributed by atoms with Crippen molar-refractivity contribution in [2.75, 3.05) is 12.4 Å². The molecule has 0 radical (unpaired) electrons. The zero-order valence-corrected chi connectivity index (χ0v) is 12.1. The van der Waals surface area contributed by atoms with Crippen LogP contribution in [0.4, 0.5) is 0 Å². The predicted octanol–water partition coefficient (Wildman–Crippen LogP) is 2.84. The second-order valence-corrected chi connectivity index (χ2v) is 8.04. The highest BCUT2D eigenvalue weighted by Gasteiger charge is 2.34. The van der Waals surface area contributed by atoms with Gasteiger partial charge in [-0.3, -0.25) is 0 Å². The lowest BCUT2D eigenvalue weighted by atomic mass is 9.93. The van der Waals surface area contributed by atoms with Crippen LogP contribution < -0.4 is 0 Å². The maximum Gasteiger partial charge on any atom is 0.252 e. The van der Waals surface area contributed by atoms with E-state index in [1.165, 1.54) is 11.3 Å². The average Bonchev–Trinajstić information content (AvgIpc) is 2.62. The minimum absolute atomic E-state index is 0.154. The summed E-state index contributed by atoms with van der Waals surface area (Å²) < 4.78 is 26.9. The second-order valence-electron chi connectivity index (χ2n) is 4.25. The van der Waals surface area contributed by atoms with Crippen LogP contribution in [-0.2, 0) is 10.0 Å². The van der Waals surface area contributed by atoms with E-state index in [-0.39, 0.29) is 6.04 Å². The monoisotopic (exact) mass is 293 g/mol. The molecule has 0 N–H and O–H groups in total. The Hall–Kier alpha value is -0.100. The molecule has 1 aliphatic rings. The molecule has 17 heavy (non-hydrogen) atoms. The molecule has 96 valence electrons. The number of rotatable bonds is 5. The largest absolute Gasteiger partial charge is 0.252 e. The second kappa shape index (κ2) is 5.26. The van der Waals surface area contributed by atoms with E-state index in [0.29, 0.717) is 16.6 Å². The fraction of sp³-hybridized carbons (Fsp3) is 0.636. The molecule has 3 nitrogen and oxygen atoms in total. The van der Waals surface area contributed by atoms with Gasteiger partial charge in [0, 0.05) is 23.3 Å². The standard InChI is InChI=1S/C11H16ClNO2S2/c1-9-5-6-11(16-9)17(14,15)13(8-7-12)10-3-2-4-10/h5-6,10H,2-4,7-8H2,1H3. The molecule has 1 aromatic rings. The number of sulfonamides is 1. The van der Waals surface area contributed by atoms with Crippen molar-refractivity contribution in [3.63, 3.8) is 0 Å². The zero-order chi connectivity index (χ0) is 12.5. The molecule has 1 heterocycles. The predicted molar refractivity (Wildman–Crippen MR) is 71.3 cm³/mol. The van der Waals surface area contributed by atoms with Gasteiger partial charge < -0.3 is 0 Å². The van der Waals surface area contributed by atoms with E-state index in [9.17, 15) is 8.42 Å².